The van der Waals surface area contributed by atoms with Crippen LogP contribution in [0.25, 0.3) is 45.5 Å². The minimum Gasteiger partial charge on any atom is -0.453 e. The Hall–Kier alpha value is -3.92. The fraction of sp³-hybridized carbons (Fsp3) is 0.143. The second-order valence-electron chi connectivity index (χ2n) is 7.81. The molecule has 0 amide bonds. The van der Waals surface area contributed by atoms with Crippen LogP contribution in [0.1, 0.15) is 25.0 Å². The van der Waals surface area contributed by atoms with E-state index in [9.17, 15) is 4.79 Å². The fourth-order valence-electron chi connectivity index (χ4n) is 4.12. The standard InChI is InChI=1S/C28H24N2O2/c1-3-30(4-2)21-14-11-19(12-15-21)9-10-20-13-16-24-26(17-20)32-27-18-25(31)22-7-5-6-8-23(22)28(27)29-24/h5-18H,3-4H2,1-2H3/b10-9+. The van der Waals surface area contributed by atoms with Gasteiger partial charge in [0.2, 0.25) is 0 Å². The molecule has 4 nitrogen and oxygen atoms in total. The highest BCUT2D eigenvalue weighted by molar-refractivity contribution is 5.96. The van der Waals surface area contributed by atoms with E-state index in [2.05, 4.69) is 55.2 Å². The number of anilines is 1. The number of aromatic nitrogens is 1. The molecule has 0 aromatic heterocycles. The molecular weight excluding hydrogens is 396 g/mol. The van der Waals surface area contributed by atoms with Crippen molar-refractivity contribution in [3.63, 3.8) is 0 Å². The summed E-state index contributed by atoms with van der Waals surface area (Å²) in [6.07, 6.45) is 4.15. The number of benzene rings is 4. The van der Waals surface area contributed by atoms with Crippen LogP contribution in [0.15, 0.2) is 82.0 Å². The molecule has 2 aliphatic rings. The zero-order valence-electron chi connectivity index (χ0n) is 18.2. The van der Waals surface area contributed by atoms with E-state index in [0.717, 1.165) is 35.1 Å². The molecule has 5 rings (SSSR count). The van der Waals surface area contributed by atoms with E-state index in [1.54, 1.807) is 0 Å². The van der Waals surface area contributed by atoms with Crippen molar-refractivity contribution in [2.45, 2.75) is 13.8 Å². The highest BCUT2D eigenvalue weighted by Gasteiger charge is 2.15. The molecule has 0 radical (unpaired) electrons. The maximum atomic E-state index is 12.5. The molecule has 0 atom stereocenters. The van der Waals surface area contributed by atoms with Crippen LogP contribution in [-0.4, -0.2) is 18.1 Å². The van der Waals surface area contributed by atoms with E-state index >= 15 is 0 Å². The number of hydrogen-bond acceptors (Lipinski definition) is 4. The van der Waals surface area contributed by atoms with Crippen molar-refractivity contribution in [3.05, 3.63) is 94.1 Å². The van der Waals surface area contributed by atoms with E-state index in [4.69, 9.17) is 9.40 Å². The van der Waals surface area contributed by atoms with Crippen molar-refractivity contribution in [1.29, 1.82) is 0 Å². The van der Waals surface area contributed by atoms with Gasteiger partial charge in [-0.1, -0.05) is 54.6 Å². The van der Waals surface area contributed by atoms with E-state index in [1.165, 1.54) is 11.8 Å². The Morgan fingerprint density at radius 1 is 0.844 bits per heavy atom. The lowest BCUT2D eigenvalue weighted by Crippen LogP contribution is -2.21. The van der Waals surface area contributed by atoms with Crippen LogP contribution >= 0.6 is 0 Å². The third-order valence-electron chi connectivity index (χ3n) is 5.87. The zero-order valence-corrected chi connectivity index (χ0v) is 18.2. The van der Waals surface area contributed by atoms with Crippen LogP contribution < -0.4 is 10.3 Å². The Morgan fingerprint density at radius 2 is 1.53 bits per heavy atom. The average Bonchev–Trinajstić information content (AvgIpc) is 2.83. The molecule has 0 saturated heterocycles. The molecule has 32 heavy (non-hydrogen) atoms. The smallest absolute Gasteiger partial charge is 0.190 e. The highest BCUT2D eigenvalue weighted by Crippen LogP contribution is 2.30. The molecule has 1 aliphatic carbocycles. The van der Waals surface area contributed by atoms with Crippen molar-refractivity contribution in [2.24, 2.45) is 0 Å². The van der Waals surface area contributed by atoms with Crippen LogP contribution in [0.3, 0.4) is 0 Å². The van der Waals surface area contributed by atoms with Gasteiger partial charge in [-0.15, -0.1) is 0 Å². The second kappa shape index (κ2) is 8.31. The normalized spacial score (nSPS) is 11.7. The van der Waals surface area contributed by atoms with Gasteiger partial charge in [-0.05, 0) is 49.2 Å². The lowest BCUT2D eigenvalue weighted by molar-refractivity contribution is 0.614. The Labute approximate surface area is 186 Å². The van der Waals surface area contributed by atoms with Gasteiger partial charge in [-0.25, -0.2) is 4.98 Å². The third kappa shape index (κ3) is 3.65. The maximum absolute atomic E-state index is 12.5. The first-order chi connectivity index (χ1) is 15.7. The van der Waals surface area contributed by atoms with E-state index in [1.807, 2.05) is 42.5 Å². The molecule has 0 bridgehead atoms. The SMILES string of the molecule is CCN(CC)c1ccc(/C=C/c2ccc3nc4c5ccccc5c(=O)cc-4oc3c2)cc1. The van der Waals surface area contributed by atoms with Crippen molar-refractivity contribution in [3.8, 4) is 11.5 Å². The van der Waals surface area contributed by atoms with Gasteiger partial charge in [-0.3, -0.25) is 4.79 Å². The van der Waals surface area contributed by atoms with Gasteiger partial charge in [0.05, 0.1) is 0 Å². The van der Waals surface area contributed by atoms with Crippen LogP contribution in [0.5, 0.6) is 0 Å². The predicted molar refractivity (Wildman–Crippen MR) is 133 cm³/mol. The highest BCUT2D eigenvalue weighted by atomic mass is 16.3. The van der Waals surface area contributed by atoms with Gasteiger partial charge >= 0.3 is 0 Å². The van der Waals surface area contributed by atoms with Gasteiger partial charge in [0.1, 0.15) is 11.2 Å². The second-order valence-corrected chi connectivity index (χ2v) is 7.81. The van der Waals surface area contributed by atoms with Crippen LogP contribution in [-0.2, 0) is 0 Å². The summed E-state index contributed by atoms with van der Waals surface area (Å²) < 4.78 is 6.09. The first-order valence-electron chi connectivity index (χ1n) is 11.0. The van der Waals surface area contributed by atoms with Crippen molar-refractivity contribution in [2.75, 3.05) is 18.0 Å². The maximum Gasteiger partial charge on any atom is 0.190 e. The Morgan fingerprint density at radius 3 is 2.28 bits per heavy atom. The molecule has 3 aromatic rings. The molecule has 0 fully saturated rings. The number of rotatable bonds is 5. The monoisotopic (exact) mass is 420 g/mol. The largest absolute Gasteiger partial charge is 0.453 e. The molecular formula is C28H24N2O2. The molecule has 0 N–H and O–H groups in total. The average molecular weight is 421 g/mol. The summed E-state index contributed by atoms with van der Waals surface area (Å²) >= 11 is 0. The molecule has 3 aromatic carbocycles. The first-order valence-corrected chi connectivity index (χ1v) is 11.0. The first kappa shape index (κ1) is 20.0. The summed E-state index contributed by atoms with van der Waals surface area (Å²) in [6, 6.07) is 23.6. The molecule has 0 spiro atoms. The third-order valence-corrected chi connectivity index (χ3v) is 5.87. The molecule has 1 aliphatic heterocycles. The van der Waals surface area contributed by atoms with Gasteiger partial charge in [0, 0.05) is 35.6 Å². The van der Waals surface area contributed by atoms with Gasteiger partial charge in [-0.2, -0.15) is 0 Å². The lowest BCUT2D eigenvalue weighted by atomic mass is 10.0. The minimum absolute atomic E-state index is 0.0535. The molecule has 1 heterocycles. The van der Waals surface area contributed by atoms with Gasteiger partial charge in [0.15, 0.2) is 16.8 Å². The summed E-state index contributed by atoms with van der Waals surface area (Å²) in [4.78, 5) is 19.6. The topological polar surface area (TPSA) is 46.3 Å². The Bertz CT molecular complexity index is 1460. The number of fused-ring (bicyclic) bond motifs is 4. The van der Waals surface area contributed by atoms with Crippen LogP contribution in [0.4, 0.5) is 5.69 Å². The summed E-state index contributed by atoms with van der Waals surface area (Å²) in [5, 5.41) is 1.48. The fourth-order valence-corrected chi connectivity index (χ4v) is 4.12. The summed E-state index contributed by atoms with van der Waals surface area (Å²) in [5.74, 6) is 0.509. The van der Waals surface area contributed by atoms with Gasteiger partial charge in [0.25, 0.3) is 0 Å². The van der Waals surface area contributed by atoms with Gasteiger partial charge < -0.3 is 9.32 Å². The van der Waals surface area contributed by atoms with E-state index in [-0.39, 0.29) is 5.43 Å². The quantitative estimate of drug-likeness (QED) is 0.186. The summed E-state index contributed by atoms with van der Waals surface area (Å²) in [6.45, 7) is 6.33. The molecule has 158 valence electrons. The number of hydrogen-bond donors (Lipinski definition) is 0. The molecule has 0 saturated carbocycles. The van der Waals surface area contributed by atoms with Crippen LogP contribution in [0, 0.1) is 0 Å². The summed E-state index contributed by atoms with van der Waals surface area (Å²) in [5.41, 5.74) is 5.47. The zero-order chi connectivity index (χ0) is 22.1. The van der Waals surface area contributed by atoms with E-state index in [0.29, 0.717) is 22.4 Å². The lowest BCUT2D eigenvalue weighted by Gasteiger charge is -2.20. The number of nitrogens with zero attached hydrogens (tertiary/aromatic N) is 2. The molecule has 4 heteroatoms. The van der Waals surface area contributed by atoms with Crippen LogP contribution in [0.2, 0.25) is 0 Å². The van der Waals surface area contributed by atoms with Crippen molar-refractivity contribution < 1.29 is 4.42 Å². The summed E-state index contributed by atoms with van der Waals surface area (Å²) in [7, 11) is 0. The predicted octanol–water partition coefficient (Wildman–Crippen LogP) is 6.46. The molecule has 0 unspecified atom stereocenters. The van der Waals surface area contributed by atoms with E-state index < -0.39 is 0 Å². The Balaban J connectivity index is 1.49. The minimum atomic E-state index is -0.0535. The van der Waals surface area contributed by atoms with Crippen molar-refractivity contribution in [1.82, 2.24) is 4.98 Å². The van der Waals surface area contributed by atoms with Crippen molar-refractivity contribution >= 4 is 39.7 Å². The Kier molecular flexibility index (Phi) is 5.20.